The van der Waals surface area contributed by atoms with Crippen molar-refractivity contribution in [2.45, 2.75) is 19.3 Å². The third kappa shape index (κ3) is 1.16. The molecule has 0 bridgehead atoms. The van der Waals surface area contributed by atoms with E-state index in [2.05, 4.69) is 15.2 Å². The van der Waals surface area contributed by atoms with E-state index < -0.39 is 0 Å². The van der Waals surface area contributed by atoms with Crippen LogP contribution in [0.5, 0.6) is 0 Å². The predicted octanol–water partition coefficient (Wildman–Crippen LogP) is 0.0410. The molecule has 0 aliphatic rings. The van der Waals surface area contributed by atoms with Crippen LogP contribution < -0.4 is 5.73 Å². The number of hydrogen-bond acceptors (Lipinski definition) is 3. The van der Waals surface area contributed by atoms with E-state index in [4.69, 9.17) is 5.73 Å². The summed E-state index contributed by atoms with van der Waals surface area (Å²) < 4.78 is 0. The summed E-state index contributed by atoms with van der Waals surface area (Å²) in [4.78, 5) is 4.01. The fourth-order valence-corrected chi connectivity index (χ4v) is 0.626. The van der Waals surface area contributed by atoms with Crippen molar-refractivity contribution in [3.63, 3.8) is 0 Å². The fraction of sp³-hybridized carbons (Fsp3) is 0.667. The van der Waals surface area contributed by atoms with Crippen LogP contribution in [0.15, 0.2) is 6.33 Å². The minimum absolute atomic E-state index is 0.111. The summed E-state index contributed by atoms with van der Waals surface area (Å²) in [6.45, 7) is 4.58. The van der Waals surface area contributed by atoms with Crippen LogP contribution in [0.3, 0.4) is 0 Å². The van der Waals surface area contributed by atoms with Gasteiger partial charge in [-0.2, -0.15) is 5.10 Å². The van der Waals surface area contributed by atoms with Gasteiger partial charge in [-0.1, -0.05) is 13.8 Å². The van der Waals surface area contributed by atoms with Crippen molar-refractivity contribution in [1.82, 2.24) is 15.2 Å². The lowest BCUT2D eigenvalue weighted by Crippen LogP contribution is -2.29. The molecule has 0 spiro atoms. The van der Waals surface area contributed by atoms with E-state index in [1.165, 1.54) is 0 Å². The van der Waals surface area contributed by atoms with Gasteiger partial charge in [0.2, 0.25) is 0 Å². The molecule has 4 heteroatoms. The molecule has 0 unspecified atom stereocenters. The van der Waals surface area contributed by atoms with Gasteiger partial charge in [0.25, 0.3) is 0 Å². The average Bonchev–Trinajstić information content (AvgIpc) is 2.38. The number of rotatable bonds is 2. The molecule has 0 fully saturated rings. The topological polar surface area (TPSA) is 67.6 Å². The van der Waals surface area contributed by atoms with Gasteiger partial charge in [-0.05, 0) is 0 Å². The fourth-order valence-electron chi connectivity index (χ4n) is 0.626. The van der Waals surface area contributed by atoms with Crippen LogP contribution >= 0.6 is 0 Å². The summed E-state index contributed by atoms with van der Waals surface area (Å²) in [5.41, 5.74) is 5.39. The maximum atomic E-state index is 5.50. The molecule has 1 heterocycles. The summed E-state index contributed by atoms with van der Waals surface area (Å²) in [5.74, 6) is 0.773. The lowest BCUT2D eigenvalue weighted by Gasteiger charge is -2.16. The molecule has 0 saturated heterocycles. The van der Waals surface area contributed by atoms with E-state index in [-0.39, 0.29) is 5.41 Å². The molecule has 0 saturated carbocycles. The van der Waals surface area contributed by atoms with Crippen LogP contribution in [0.1, 0.15) is 19.7 Å². The van der Waals surface area contributed by atoms with Crippen LogP contribution in [0.4, 0.5) is 0 Å². The lowest BCUT2D eigenvalue weighted by atomic mass is 9.93. The largest absolute Gasteiger partial charge is 0.329 e. The summed E-state index contributed by atoms with van der Waals surface area (Å²) >= 11 is 0. The Labute approximate surface area is 59.8 Å². The Kier molecular flexibility index (Phi) is 1.72. The number of nitrogens with zero attached hydrogens (tertiary/aromatic N) is 2. The summed E-state index contributed by atoms with van der Waals surface area (Å²) in [6, 6.07) is 0. The molecule has 0 aliphatic heterocycles. The summed E-state index contributed by atoms with van der Waals surface area (Å²) in [7, 11) is 0. The highest BCUT2D eigenvalue weighted by Gasteiger charge is 2.21. The van der Waals surface area contributed by atoms with Crippen molar-refractivity contribution >= 4 is 0 Å². The molecule has 1 aromatic heterocycles. The third-order valence-corrected chi connectivity index (χ3v) is 1.53. The molecule has 3 N–H and O–H groups in total. The van der Waals surface area contributed by atoms with Crippen LogP contribution in [-0.4, -0.2) is 21.7 Å². The van der Waals surface area contributed by atoms with Crippen molar-refractivity contribution in [3.05, 3.63) is 12.2 Å². The minimum atomic E-state index is -0.111. The van der Waals surface area contributed by atoms with Crippen LogP contribution in [-0.2, 0) is 5.41 Å². The Balaban J connectivity index is 2.85. The second-order valence-electron chi connectivity index (χ2n) is 2.91. The summed E-state index contributed by atoms with van der Waals surface area (Å²) in [6.07, 6.45) is 1.56. The molecule has 10 heavy (non-hydrogen) atoms. The molecule has 0 atom stereocenters. The third-order valence-electron chi connectivity index (χ3n) is 1.53. The molecule has 56 valence electrons. The van der Waals surface area contributed by atoms with Crippen LogP contribution in [0.2, 0.25) is 0 Å². The molecule has 0 amide bonds. The molecule has 0 aliphatic carbocycles. The number of H-pyrrole nitrogens is 1. The number of nitrogens with one attached hydrogen (secondary N) is 1. The second-order valence-corrected chi connectivity index (χ2v) is 2.91. The standard InChI is InChI=1S/C6H12N4/c1-6(2,3-7)5-8-4-9-10-5/h4H,3,7H2,1-2H3,(H,8,9,10). The number of nitrogens with two attached hydrogens (primary N) is 1. The zero-order valence-electron chi connectivity index (χ0n) is 6.26. The van der Waals surface area contributed by atoms with Gasteiger partial charge in [-0.15, -0.1) is 0 Å². The zero-order valence-corrected chi connectivity index (χ0v) is 6.26. The lowest BCUT2D eigenvalue weighted by molar-refractivity contribution is 0.504. The first-order valence-electron chi connectivity index (χ1n) is 3.23. The average molecular weight is 140 g/mol. The molecule has 0 radical (unpaired) electrons. The Morgan fingerprint density at radius 2 is 2.40 bits per heavy atom. The monoisotopic (exact) mass is 140 g/mol. The van der Waals surface area contributed by atoms with E-state index in [0.717, 1.165) is 5.82 Å². The Hall–Kier alpha value is -0.900. The van der Waals surface area contributed by atoms with Gasteiger partial charge >= 0.3 is 0 Å². The van der Waals surface area contributed by atoms with Gasteiger partial charge in [0.05, 0.1) is 0 Å². The van der Waals surface area contributed by atoms with Gasteiger partial charge in [-0.25, -0.2) is 4.98 Å². The van der Waals surface area contributed by atoms with Crippen LogP contribution in [0.25, 0.3) is 0 Å². The van der Waals surface area contributed by atoms with Gasteiger partial charge in [0.1, 0.15) is 6.33 Å². The Morgan fingerprint density at radius 3 is 2.80 bits per heavy atom. The quantitative estimate of drug-likeness (QED) is 0.609. The second kappa shape index (κ2) is 2.38. The van der Waals surface area contributed by atoms with E-state index in [9.17, 15) is 0 Å². The van der Waals surface area contributed by atoms with Crippen molar-refractivity contribution in [2.24, 2.45) is 5.73 Å². The van der Waals surface area contributed by atoms with Crippen molar-refractivity contribution in [1.29, 1.82) is 0 Å². The molecular weight excluding hydrogens is 128 g/mol. The maximum absolute atomic E-state index is 5.50. The highest BCUT2D eigenvalue weighted by Crippen LogP contribution is 2.15. The number of aromatic amines is 1. The highest BCUT2D eigenvalue weighted by molar-refractivity contribution is 5.01. The summed E-state index contributed by atoms with van der Waals surface area (Å²) in [5, 5.41) is 6.60. The highest BCUT2D eigenvalue weighted by atomic mass is 15.2. The van der Waals surface area contributed by atoms with Crippen molar-refractivity contribution < 1.29 is 0 Å². The minimum Gasteiger partial charge on any atom is -0.329 e. The molecular formula is C6H12N4. The van der Waals surface area contributed by atoms with Crippen molar-refractivity contribution in [2.75, 3.05) is 6.54 Å². The van der Waals surface area contributed by atoms with Crippen molar-refractivity contribution in [3.8, 4) is 0 Å². The van der Waals surface area contributed by atoms with Gasteiger partial charge in [0.15, 0.2) is 5.82 Å². The molecule has 4 nitrogen and oxygen atoms in total. The zero-order chi connectivity index (χ0) is 7.61. The predicted molar refractivity (Wildman–Crippen MR) is 38.5 cm³/mol. The maximum Gasteiger partial charge on any atom is 0.157 e. The normalized spacial score (nSPS) is 11.9. The molecule has 1 rings (SSSR count). The first-order valence-corrected chi connectivity index (χ1v) is 3.23. The van der Waals surface area contributed by atoms with Gasteiger partial charge < -0.3 is 5.73 Å². The van der Waals surface area contributed by atoms with Gasteiger partial charge in [0, 0.05) is 12.0 Å². The number of hydrogen-bond donors (Lipinski definition) is 2. The first kappa shape index (κ1) is 7.21. The van der Waals surface area contributed by atoms with Crippen LogP contribution in [0, 0.1) is 0 Å². The molecule has 1 aromatic rings. The van der Waals surface area contributed by atoms with E-state index in [1.807, 2.05) is 13.8 Å². The van der Waals surface area contributed by atoms with E-state index in [1.54, 1.807) is 6.33 Å². The van der Waals surface area contributed by atoms with E-state index in [0.29, 0.717) is 6.54 Å². The van der Waals surface area contributed by atoms with E-state index >= 15 is 0 Å². The first-order chi connectivity index (χ1) is 4.67. The van der Waals surface area contributed by atoms with Gasteiger partial charge in [-0.3, -0.25) is 5.10 Å². The smallest absolute Gasteiger partial charge is 0.157 e. The SMILES string of the molecule is CC(C)(CN)c1nc[nH]n1. The Bertz CT molecular complexity index is 190. The molecule has 0 aromatic carbocycles. The Morgan fingerprint density at radius 1 is 1.70 bits per heavy atom. The number of aromatic nitrogens is 3.